The molecule has 1 N–H and O–H groups in total. The van der Waals surface area contributed by atoms with E-state index >= 15 is 0 Å². The van der Waals surface area contributed by atoms with Gasteiger partial charge in [0, 0.05) is 25.2 Å². The van der Waals surface area contributed by atoms with Gasteiger partial charge >= 0.3 is 0 Å². The number of aryl methyl sites for hydroxylation is 1. The van der Waals surface area contributed by atoms with Gasteiger partial charge in [-0.25, -0.2) is 0 Å². The standard InChI is InChI=1S/C19H22N4/c1-13-6-7-15-12-14(2)19(16(15)11-13)20-9-8-18-22-21-17-5-3-4-10-23(17)18/h3-7,10-11,14,19-20H,8-9,12H2,1-2H3/t14-,19-/m0/s1. The summed E-state index contributed by atoms with van der Waals surface area (Å²) in [6.07, 6.45) is 4.08. The topological polar surface area (TPSA) is 42.2 Å². The Morgan fingerprint density at radius 3 is 3.04 bits per heavy atom. The van der Waals surface area contributed by atoms with Crippen LogP contribution in [-0.4, -0.2) is 21.1 Å². The lowest BCUT2D eigenvalue weighted by Crippen LogP contribution is -2.26. The third-order valence-corrected chi connectivity index (χ3v) is 4.84. The zero-order chi connectivity index (χ0) is 15.8. The zero-order valence-corrected chi connectivity index (χ0v) is 13.7. The average molecular weight is 306 g/mol. The van der Waals surface area contributed by atoms with E-state index < -0.39 is 0 Å². The summed E-state index contributed by atoms with van der Waals surface area (Å²) in [4.78, 5) is 0. The minimum atomic E-state index is 0.448. The number of hydrogen-bond donors (Lipinski definition) is 1. The molecule has 1 aromatic carbocycles. The highest BCUT2D eigenvalue weighted by Gasteiger charge is 2.28. The molecule has 4 rings (SSSR count). The second-order valence-corrected chi connectivity index (χ2v) is 6.61. The Balaban J connectivity index is 1.47. The fourth-order valence-corrected chi connectivity index (χ4v) is 3.67. The smallest absolute Gasteiger partial charge is 0.160 e. The molecule has 0 aliphatic heterocycles. The maximum atomic E-state index is 4.31. The average Bonchev–Trinajstić information content (AvgIpc) is 3.09. The van der Waals surface area contributed by atoms with Crippen LogP contribution in [0.1, 0.15) is 35.5 Å². The van der Waals surface area contributed by atoms with E-state index in [4.69, 9.17) is 0 Å². The van der Waals surface area contributed by atoms with E-state index in [0.717, 1.165) is 24.4 Å². The molecular weight excluding hydrogens is 284 g/mol. The SMILES string of the molecule is Cc1ccc2c(c1)[C@@H](NCCc1nnc3ccccn13)[C@@H](C)C2. The maximum absolute atomic E-state index is 4.31. The Bertz CT molecular complexity index is 836. The van der Waals surface area contributed by atoms with Gasteiger partial charge in [-0.3, -0.25) is 4.40 Å². The fraction of sp³-hybridized carbons (Fsp3) is 0.368. The van der Waals surface area contributed by atoms with E-state index in [1.807, 2.05) is 24.4 Å². The van der Waals surface area contributed by atoms with Gasteiger partial charge in [0.05, 0.1) is 0 Å². The number of pyridine rings is 1. The van der Waals surface area contributed by atoms with Gasteiger partial charge in [-0.1, -0.05) is 36.8 Å². The Kier molecular flexibility index (Phi) is 3.62. The second kappa shape index (κ2) is 5.78. The molecule has 0 saturated carbocycles. The predicted molar refractivity (Wildman–Crippen MR) is 91.5 cm³/mol. The summed E-state index contributed by atoms with van der Waals surface area (Å²) in [7, 11) is 0. The van der Waals surface area contributed by atoms with Gasteiger partial charge in [0.2, 0.25) is 0 Å². The molecule has 4 heteroatoms. The van der Waals surface area contributed by atoms with Crippen molar-refractivity contribution >= 4 is 5.65 Å². The van der Waals surface area contributed by atoms with E-state index in [0.29, 0.717) is 12.0 Å². The highest BCUT2D eigenvalue weighted by atomic mass is 15.2. The van der Waals surface area contributed by atoms with Crippen molar-refractivity contribution in [3.63, 3.8) is 0 Å². The third-order valence-electron chi connectivity index (χ3n) is 4.84. The van der Waals surface area contributed by atoms with Crippen LogP contribution < -0.4 is 5.32 Å². The summed E-state index contributed by atoms with van der Waals surface area (Å²) in [6, 6.07) is 13.3. The van der Waals surface area contributed by atoms with Gasteiger partial charge in [-0.05, 0) is 42.5 Å². The molecule has 2 aromatic heterocycles. The normalized spacial score (nSPS) is 20.1. The highest BCUT2D eigenvalue weighted by Crippen LogP contribution is 2.36. The monoisotopic (exact) mass is 306 g/mol. The van der Waals surface area contributed by atoms with Gasteiger partial charge < -0.3 is 5.32 Å². The van der Waals surface area contributed by atoms with Gasteiger partial charge in [-0.15, -0.1) is 10.2 Å². The third kappa shape index (κ3) is 2.63. The molecule has 0 unspecified atom stereocenters. The van der Waals surface area contributed by atoms with Crippen LogP contribution in [0.15, 0.2) is 42.6 Å². The second-order valence-electron chi connectivity index (χ2n) is 6.61. The van der Waals surface area contributed by atoms with Gasteiger partial charge in [-0.2, -0.15) is 0 Å². The molecule has 0 fully saturated rings. The Morgan fingerprint density at radius 1 is 1.22 bits per heavy atom. The maximum Gasteiger partial charge on any atom is 0.160 e. The van der Waals surface area contributed by atoms with Crippen molar-refractivity contribution in [2.45, 2.75) is 32.7 Å². The molecule has 0 bridgehead atoms. The Hall–Kier alpha value is -2.20. The van der Waals surface area contributed by atoms with Crippen molar-refractivity contribution in [1.29, 1.82) is 0 Å². The van der Waals surface area contributed by atoms with Crippen molar-refractivity contribution < 1.29 is 0 Å². The minimum Gasteiger partial charge on any atom is -0.309 e. The lowest BCUT2D eigenvalue weighted by molar-refractivity contribution is 0.417. The summed E-state index contributed by atoms with van der Waals surface area (Å²) in [6.45, 7) is 5.42. The first-order valence-corrected chi connectivity index (χ1v) is 8.34. The van der Waals surface area contributed by atoms with Crippen LogP contribution in [0.3, 0.4) is 0 Å². The van der Waals surface area contributed by atoms with E-state index in [1.165, 1.54) is 23.1 Å². The molecule has 0 spiro atoms. The van der Waals surface area contributed by atoms with Crippen LogP contribution in [-0.2, 0) is 12.8 Å². The molecule has 2 heterocycles. The quantitative estimate of drug-likeness (QED) is 0.805. The van der Waals surface area contributed by atoms with Crippen LogP contribution in [0.25, 0.3) is 5.65 Å². The summed E-state index contributed by atoms with van der Waals surface area (Å²) in [5, 5.41) is 12.3. The summed E-state index contributed by atoms with van der Waals surface area (Å²) >= 11 is 0. The summed E-state index contributed by atoms with van der Waals surface area (Å²) < 4.78 is 2.07. The first-order valence-electron chi connectivity index (χ1n) is 8.34. The largest absolute Gasteiger partial charge is 0.309 e. The summed E-state index contributed by atoms with van der Waals surface area (Å²) in [5.41, 5.74) is 5.22. The van der Waals surface area contributed by atoms with E-state index in [9.17, 15) is 0 Å². The first-order chi connectivity index (χ1) is 11.2. The molecule has 3 aromatic rings. The molecule has 1 aliphatic carbocycles. The lowest BCUT2D eigenvalue weighted by Gasteiger charge is -2.19. The lowest BCUT2D eigenvalue weighted by atomic mass is 10.0. The van der Waals surface area contributed by atoms with Crippen LogP contribution in [0.4, 0.5) is 0 Å². The van der Waals surface area contributed by atoms with Crippen LogP contribution in [0.2, 0.25) is 0 Å². The minimum absolute atomic E-state index is 0.448. The molecule has 23 heavy (non-hydrogen) atoms. The number of hydrogen-bond acceptors (Lipinski definition) is 3. The van der Waals surface area contributed by atoms with Crippen molar-refractivity contribution in [3.05, 3.63) is 65.1 Å². The Morgan fingerprint density at radius 2 is 2.13 bits per heavy atom. The number of rotatable bonds is 4. The molecular formula is C19H22N4. The molecule has 118 valence electrons. The molecule has 0 saturated heterocycles. The molecule has 2 atom stereocenters. The number of nitrogens with zero attached hydrogens (tertiary/aromatic N) is 3. The number of nitrogens with one attached hydrogen (secondary N) is 1. The predicted octanol–water partition coefficient (Wildman–Crippen LogP) is 3.10. The van der Waals surface area contributed by atoms with Crippen LogP contribution in [0, 0.1) is 12.8 Å². The van der Waals surface area contributed by atoms with E-state index in [2.05, 4.69) is 52.0 Å². The van der Waals surface area contributed by atoms with Crippen molar-refractivity contribution in [2.75, 3.05) is 6.54 Å². The van der Waals surface area contributed by atoms with Crippen molar-refractivity contribution in [2.24, 2.45) is 5.92 Å². The van der Waals surface area contributed by atoms with Crippen molar-refractivity contribution in [1.82, 2.24) is 19.9 Å². The highest BCUT2D eigenvalue weighted by molar-refractivity contribution is 5.39. The fourth-order valence-electron chi connectivity index (χ4n) is 3.67. The van der Waals surface area contributed by atoms with Gasteiger partial charge in [0.1, 0.15) is 5.82 Å². The molecule has 0 amide bonds. The van der Waals surface area contributed by atoms with Gasteiger partial charge in [0.15, 0.2) is 5.65 Å². The summed E-state index contributed by atoms with van der Waals surface area (Å²) in [5.74, 6) is 1.66. The van der Waals surface area contributed by atoms with Crippen molar-refractivity contribution in [3.8, 4) is 0 Å². The number of benzene rings is 1. The van der Waals surface area contributed by atoms with Crippen LogP contribution >= 0.6 is 0 Å². The van der Waals surface area contributed by atoms with E-state index in [1.54, 1.807) is 0 Å². The van der Waals surface area contributed by atoms with Gasteiger partial charge in [0.25, 0.3) is 0 Å². The Labute approximate surface area is 136 Å². The van der Waals surface area contributed by atoms with Crippen LogP contribution in [0.5, 0.6) is 0 Å². The molecule has 4 nitrogen and oxygen atoms in total. The number of fused-ring (bicyclic) bond motifs is 2. The zero-order valence-electron chi connectivity index (χ0n) is 13.7. The molecule has 1 aliphatic rings. The first kappa shape index (κ1) is 14.4. The van der Waals surface area contributed by atoms with E-state index in [-0.39, 0.29) is 0 Å². The number of aromatic nitrogens is 3. The molecule has 0 radical (unpaired) electrons.